The molecule has 1 saturated heterocycles. The Balaban J connectivity index is 2.60. The summed E-state index contributed by atoms with van der Waals surface area (Å²) in [5.41, 5.74) is 0. The van der Waals surface area contributed by atoms with Gasteiger partial charge in [0.25, 0.3) is 0 Å². The maximum Gasteiger partial charge on any atom is 0.0618 e. The Morgan fingerprint density at radius 2 is 2.20 bits per heavy atom. The van der Waals surface area contributed by atoms with Crippen LogP contribution in [0.5, 0.6) is 0 Å². The molecule has 0 saturated carbocycles. The highest BCUT2D eigenvalue weighted by Gasteiger charge is 2.29. The molecule has 0 amide bonds. The van der Waals surface area contributed by atoms with E-state index in [4.69, 9.17) is 4.74 Å². The minimum Gasteiger partial charge on any atom is -0.383 e. The first-order chi connectivity index (χ1) is 7.20. The van der Waals surface area contributed by atoms with Gasteiger partial charge in [0, 0.05) is 38.8 Å². The summed E-state index contributed by atoms with van der Waals surface area (Å²) in [6, 6.07) is 1.25. The second-order valence-corrected chi connectivity index (χ2v) is 4.77. The molecule has 3 heteroatoms. The molecule has 0 spiro atoms. The van der Waals surface area contributed by atoms with Gasteiger partial charge in [-0.3, -0.25) is 4.90 Å². The van der Waals surface area contributed by atoms with Crippen LogP contribution >= 0.6 is 0 Å². The third kappa shape index (κ3) is 3.44. The summed E-state index contributed by atoms with van der Waals surface area (Å²) in [4.78, 5) is 2.63. The molecule has 1 aliphatic rings. The van der Waals surface area contributed by atoms with Gasteiger partial charge in [-0.15, -0.1) is 0 Å². The average molecular weight is 214 g/mol. The Bertz CT molecular complexity index is 173. The fraction of sp³-hybridized carbons (Fsp3) is 1.00. The van der Waals surface area contributed by atoms with Crippen molar-refractivity contribution in [3.05, 3.63) is 0 Å². The molecule has 0 bridgehead atoms. The van der Waals surface area contributed by atoms with Gasteiger partial charge >= 0.3 is 0 Å². The zero-order valence-electron chi connectivity index (χ0n) is 10.6. The Hall–Kier alpha value is -0.120. The number of nitrogens with one attached hydrogen (secondary N) is 1. The van der Waals surface area contributed by atoms with Gasteiger partial charge in [0.15, 0.2) is 0 Å². The maximum atomic E-state index is 5.31. The number of methoxy groups -OCH3 is 1. The van der Waals surface area contributed by atoms with E-state index in [2.05, 4.69) is 31.0 Å². The van der Waals surface area contributed by atoms with E-state index in [-0.39, 0.29) is 0 Å². The van der Waals surface area contributed by atoms with E-state index in [1.165, 1.54) is 6.42 Å². The van der Waals surface area contributed by atoms with Crippen molar-refractivity contribution >= 4 is 0 Å². The molecular formula is C12H26N2O. The van der Waals surface area contributed by atoms with Crippen molar-refractivity contribution < 1.29 is 4.74 Å². The highest BCUT2D eigenvalue weighted by Crippen LogP contribution is 2.17. The molecule has 0 aromatic rings. The van der Waals surface area contributed by atoms with Crippen LogP contribution in [0.3, 0.4) is 0 Å². The van der Waals surface area contributed by atoms with Crippen molar-refractivity contribution in [3.8, 4) is 0 Å². The lowest BCUT2D eigenvalue weighted by molar-refractivity contribution is 0.0287. The minimum absolute atomic E-state index is 0.588. The highest BCUT2D eigenvalue weighted by molar-refractivity contribution is 4.86. The van der Waals surface area contributed by atoms with Gasteiger partial charge in [0.05, 0.1) is 6.61 Å². The first-order valence-electron chi connectivity index (χ1n) is 6.16. The predicted molar refractivity (Wildman–Crippen MR) is 64.2 cm³/mol. The third-order valence-electron chi connectivity index (χ3n) is 3.40. The van der Waals surface area contributed by atoms with Crippen LogP contribution in [-0.4, -0.2) is 50.3 Å². The minimum atomic E-state index is 0.588. The monoisotopic (exact) mass is 214 g/mol. The number of hydrogen-bond donors (Lipinski definition) is 1. The molecule has 3 nitrogen and oxygen atoms in total. The van der Waals surface area contributed by atoms with Crippen molar-refractivity contribution in [1.82, 2.24) is 10.2 Å². The summed E-state index contributed by atoms with van der Waals surface area (Å²) in [6.45, 7) is 11.1. The van der Waals surface area contributed by atoms with Crippen LogP contribution in [0.1, 0.15) is 27.2 Å². The zero-order chi connectivity index (χ0) is 11.3. The van der Waals surface area contributed by atoms with E-state index < -0.39 is 0 Å². The molecule has 0 aliphatic carbocycles. The van der Waals surface area contributed by atoms with E-state index in [1.807, 2.05) is 0 Å². The molecule has 1 N–H and O–H groups in total. The summed E-state index contributed by atoms with van der Waals surface area (Å²) in [5, 5.41) is 3.48. The van der Waals surface area contributed by atoms with Gasteiger partial charge in [-0.2, -0.15) is 0 Å². The van der Waals surface area contributed by atoms with Gasteiger partial charge in [-0.25, -0.2) is 0 Å². The van der Waals surface area contributed by atoms with Crippen molar-refractivity contribution in [1.29, 1.82) is 0 Å². The number of piperazine rings is 1. The van der Waals surface area contributed by atoms with Crippen LogP contribution in [0, 0.1) is 5.92 Å². The number of nitrogens with zero attached hydrogens (tertiary/aromatic N) is 1. The Labute approximate surface area is 94.2 Å². The lowest BCUT2D eigenvalue weighted by atomic mass is 9.98. The second-order valence-electron chi connectivity index (χ2n) is 4.77. The van der Waals surface area contributed by atoms with Crippen LogP contribution in [0.4, 0.5) is 0 Å². The van der Waals surface area contributed by atoms with Gasteiger partial charge in [-0.1, -0.05) is 20.8 Å². The smallest absolute Gasteiger partial charge is 0.0618 e. The van der Waals surface area contributed by atoms with Gasteiger partial charge in [0.2, 0.25) is 0 Å². The number of rotatable bonds is 5. The van der Waals surface area contributed by atoms with Crippen LogP contribution in [0.15, 0.2) is 0 Å². The van der Waals surface area contributed by atoms with Gasteiger partial charge in [0.1, 0.15) is 0 Å². The van der Waals surface area contributed by atoms with Gasteiger partial charge in [-0.05, 0) is 12.3 Å². The maximum absolute atomic E-state index is 5.31. The molecule has 0 radical (unpaired) electrons. The lowest BCUT2D eigenvalue weighted by Crippen LogP contribution is -2.58. The zero-order valence-corrected chi connectivity index (χ0v) is 10.6. The molecular weight excluding hydrogens is 188 g/mol. The predicted octanol–water partition coefficient (Wildman–Crippen LogP) is 1.34. The lowest BCUT2D eigenvalue weighted by Gasteiger charge is -2.43. The van der Waals surface area contributed by atoms with Crippen LogP contribution in [0.2, 0.25) is 0 Å². The van der Waals surface area contributed by atoms with Crippen LogP contribution < -0.4 is 5.32 Å². The normalized spacial score (nSPS) is 25.8. The quantitative estimate of drug-likeness (QED) is 0.747. The molecule has 1 fully saturated rings. The van der Waals surface area contributed by atoms with Crippen molar-refractivity contribution in [3.63, 3.8) is 0 Å². The van der Waals surface area contributed by atoms with E-state index in [1.54, 1.807) is 7.11 Å². The second kappa shape index (κ2) is 6.46. The van der Waals surface area contributed by atoms with Crippen molar-refractivity contribution in [2.45, 2.75) is 39.3 Å². The molecule has 0 aromatic heterocycles. The first kappa shape index (κ1) is 12.9. The first-order valence-corrected chi connectivity index (χ1v) is 6.16. The highest BCUT2D eigenvalue weighted by atomic mass is 16.5. The van der Waals surface area contributed by atoms with Crippen molar-refractivity contribution in [2.75, 3.05) is 33.4 Å². The van der Waals surface area contributed by atoms with Gasteiger partial charge < -0.3 is 10.1 Å². The van der Waals surface area contributed by atoms with Crippen LogP contribution in [-0.2, 0) is 4.74 Å². The summed E-state index contributed by atoms with van der Waals surface area (Å²) in [7, 11) is 1.80. The summed E-state index contributed by atoms with van der Waals surface area (Å²) in [5.74, 6) is 0.712. The molecule has 1 heterocycles. The number of ether oxygens (including phenoxy) is 1. The molecule has 0 aromatic carbocycles. The average Bonchev–Trinajstić information content (AvgIpc) is 2.26. The summed E-state index contributed by atoms with van der Waals surface area (Å²) >= 11 is 0. The summed E-state index contributed by atoms with van der Waals surface area (Å²) in [6.07, 6.45) is 1.18. The summed E-state index contributed by atoms with van der Waals surface area (Å²) < 4.78 is 5.31. The molecule has 15 heavy (non-hydrogen) atoms. The largest absolute Gasteiger partial charge is 0.383 e. The molecule has 1 aliphatic heterocycles. The molecule has 90 valence electrons. The van der Waals surface area contributed by atoms with E-state index >= 15 is 0 Å². The standard InChI is InChI=1S/C12H26N2O/c1-5-11(9-15-4)14-7-6-13-8-12(14)10(2)3/h10-13H,5-9H2,1-4H3. The van der Waals surface area contributed by atoms with Crippen molar-refractivity contribution in [2.24, 2.45) is 5.92 Å². The Morgan fingerprint density at radius 1 is 1.47 bits per heavy atom. The Morgan fingerprint density at radius 3 is 2.73 bits per heavy atom. The third-order valence-corrected chi connectivity index (χ3v) is 3.40. The van der Waals surface area contributed by atoms with E-state index in [9.17, 15) is 0 Å². The number of hydrogen-bond acceptors (Lipinski definition) is 3. The topological polar surface area (TPSA) is 24.5 Å². The molecule has 2 atom stereocenters. The van der Waals surface area contributed by atoms with Crippen LogP contribution in [0.25, 0.3) is 0 Å². The molecule has 1 rings (SSSR count). The SMILES string of the molecule is CCC(COC)N1CCNCC1C(C)C. The molecule has 2 unspecified atom stereocenters. The van der Waals surface area contributed by atoms with E-state index in [0.29, 0.717) is 18.0 Å². The fourth-order valence-electron chi connectivity index (χ4n) is 2.45. The Kier molecular flexibility index (Phi) is 5.58. The van der Waals surface area contributed by atoms with E-state index in [0.717, 1.165) is 26.2 Å². The fourth-order valence-corrected chi connectivity index (χ4v) is 2.45.